The minimum atomic E-state index is -1.33. The van der Waals surface area contributed by atoms with Crippen molar-refractivity contribution < 1.29 is 43.2 Å². The van der Waals surface area contributed by atoms with E-state index in [2.05, 4.69) is 10.6 Å². The summed E-state index contributed by atoms with van der Waals surface area (Å²) in [4.78, 5) is 36.0. The number of carbonyl (C=O) groups excluding carboxylic acids is 2. The molecular formula is C33H38N2O9. The number of methoxy groups -OCH3 is 2. The van der Waals surface area contributed by atoms with Gasteiger partial charge in [0.2, 0.25) is 5.91 Å². The van der Waals surface area contributed by atoms with Crippen LogP contribution in [0.5, 0.6) is 23.0 Å². The first-order chi connectivity index (χ1) is 20.9. The van der Waals surface area contributed by atoms with Gasteiger partial charge in [-0.05, 0) is 73.9 Å². The summed E-state index contributed by atoms with van der Waals surface area (Å²) in [5.41, 5.74) is 2.14. The molecule has 44 heavy (non-hydrogen) atoms. The van der Waals surface area contributed by atoms with Crippen molar-refractivity contribution in [1.82, 2.24) is 10.6 Å². The number of carbonyl (C=O) groups is 3. The zero-order valence-electron chi connectivity index (χ0n) is 25.4. The lowest BCUT2D eigenvalue weighted by Crippen LogP contribution is -2.48. The van der Waals surface area contributed by atoms with Crippen molar-refractivity contribution in [3.8, 4) is 23.0 Å². The molecule has 3 aromatic rings. The summed E-state index contributed by atoms with van der Waals surface area (Å²) >= 11 is 0. The molecule has 234 valence electrons. The molecule has 0 saturated heterocycles. The van der Waals surface area contributed by atoms with Crippen molar-refractivity contribution >= 4 is 30.3 Å². The number of amides is 2. The van der Waals surface area contributed by atoms with Gasteiger partial charge in [-0.1, -0.05) is 36.4 Å². The molecule has 11 heteroatoms. The number of benzene rings is 3. The SMILES string of the molecule is COc1cc(C=Cc2ccc(OC(=O)OCCNC(=O)C(Cc3ccc(OC(C)(C)C)cc3)NC(=O)O)cc2)cc(OC)c1. The van der Waals surface area contributed by atoms with Crippen molar-refractivity contribution in [3.05, 3.63) is 83.4 Å². The maximum absolute atomic E-state index is 12.7. The highest BCUT2D eigenvalue weighted by atomic mass is 16.7. The largest absolute Gasteiger partial charge is 0.513 e. The maximum atomic E-state index is 12.7. The second kappa shape index (κ2) is 15.9. The van der Waals surface area contributed by atoms with E-state index in [0.717, 1.165) is 16.7 Å². The predicted molar refractivity (Wildman–Crippen MR) is 165 cm³/mol. The lowest BCUT2D eigenvalue weighted by Gasteiger charge is -2.21. The van der Waals surface area contributed by atoms with Gasteiger partial charge >= 0.3 is 12.2 Å². The second-order valence-corrected chi connectivity index (χ2v) is 10.6. The third-order valence-corrected chi connectivity index (χ3v) is 5.95. The van der Waals surface area contributed by atoms with Crippen molar-refractivity contribution in [1.29, 1.82) is 0 Å². The van der Waals surface area contributed by atoms with Gasteiger partial charge in [-0.25, -0.2) is 9.59 Å². The Morgan fingerprint density at radius 2 is 1.41 bits per heavy atom. The fourth-order valence-corrected chi connectivity index (χ4v) is 3.96. The molecule has 0 aliphatic heterocycles. The summed E-state index contributed by atoms with van der Waals surface area (Å²) in [6, 6.07) is 18.4. The van der Waals surface area contributed by atoms with Crippen LogP contribution in [-0.2, 0) is 16.0 Å². The molecule has 2 amide bonds. The Morgan fingerprint density at radius 1 is 0.818 bits per heavy atom. The van der Waals surface area contributed by atoms with E-state index in [-0.39, 0.29) is 30.9 Å². The molecule has 0 saturated carbocycles. The third kappa shape index (κ3) is 11.6. The van der Waals surface area contributed by atoms with Crippen LogP contribution in [0, 0.1) is 0 Å². The topological polar surface area (TPSA) is 142 Å². The van der Waals surface area contributed by atoms with E-state index in [9.17, 15) is 19.5 Å². The lowest BCUT2D eigenvalue weighted by atomic mass is 10.0. The summed E-state index contributed by atoms with van der Waals surface area (Å²) < 4.78 is 26.6. The predicted octanol–water partition coefficient (Wildman–Crippen LogP) is 5.56. The van der Waals surface area contributed by atoms with E-state index in [1.165, 1.54) is 0 Å². The highest BCUT2D eigenvalue weighted by Gasteiger charge is 2.21. The zero-order chi connectivity index (χ0) is 32.1. The first-order valence-electron chi connectivity index (χ1n) is 13.8. The first-order valence-corrected chi connectivity index (χ1v) is 13.8. The van der Waals surface area contributed by atoms with Gasteiger partial charge in [0.15, 0.2) is 0 Å². The molecule has 1 unspecified atom stereocenters. The molecule has 0 radical (unpaired) electrons. The fourth-order valence-electron chi connectivity index (χ4n) is 3.96. The van der Waals surface area contributed by atoms with Crippen LogP contribution >= 0.6 is 0 Å². The highest BCUT2D eigenvalue weighted by molar-refractivity contribution is 5.85. The van der Waals surface area contributed by atoms with Crippen LogP contribution in [0.2, 0.25) is 0 Å². The Labute approximate surface area is 256 Å². The van der Waals surface area contributed by atoms with E-state index in [1.807, 2.05) is 45.1 Å². The number of hydrogen-bond acceptors (Lipinski definition) is 8. The van der Waals surface area contributed by atoms with Crippen LogP contribution in [0.4, 0.5) is 9.59 Å². The minimum Gasteiger partial charge on any atom is -0.497 e. The smallest absolute Gasteiger partial charge is 0.497 e. The maximum Gasteiger partial charge on any atom is 0.513 e. The van der Waals surface area contributed by atoms with Gasteiger partial charge in [-0.15, -0.1) is 0 Å². The molecule has 0 aliphatic carbocycles. The van der Waals surface area contributed by atoms with Gasteiger partial charge in [0, 0.05) is 12.5 Å². The molecule has 3 aromatic carbocycles. The van der Waals surface area contributed by atoms with E-state index < -0.39 is 24.2 Å². The molecule has 0 bridgehead atoms. The number of ether oxygens (including phenoxy) is 5. The van der Waals surface area contributed by atoms with Crippen LogP contribution in [0.3, 0.4) is 0 Å². The molecule has 1 atom stereocenters. The monoisotopic (exact) mass is 606 g/mol. The van der Waals surface area contributed by atoms with Crippen molar-refractivity contribution in [2.75, 3.05) is 27.4 Å². The Bertz CT molecular complexity index is 1410. The van der Waals surface area contributed by atoms with Gasteiger partial charge < -0.3 is 39.4 Å². The molecule has 3 rings (SSSR count). The van der Waals surface area contributed by atoms with E-state index in [1.54, 1.807) is 68.8 Å². The quantitative estimate of drug-likeness (QED) is 0.0986. The minimum absolute atomic E-state index is 0.0388. The average molecular weight is 607 g/mol. The van der Waals surface area contributed by atoms with Crippen molar-refractivity contribution in [2.45, 2.75) is 38.8 Å². The molecule has 0 fully saturated rings. The van der Waals surface area contributed by atoms with Crippen LogP contribution in [0.25, 0.3) is 12.2 Å². The Kier molecular flexibility index (Phi) is 12.0. The Balaban J connectivity index is 1.44. The Morgan fingerprint density at radius 3 is 1.98 bits per heavy atom. The van der Waals surface area contributed by atoms with E-state index in [0.29, 0.717) is 17.2 Å². The third-order valence-electron chi connectivity index (χ3n) is 5.95. The van der Waals surface area contributed by atoms with Crippen LogP contribution < -0.4 is 29.6 Å². The van der Waals surface area contributed by atoms with Gasteiger partial charge in [-0.2, -0.15) is 0 Å². The molecule has 11 nitrogen and oxygen atoms in total. The van der Waals surface area contributed by atoms with Gasteiger partial charge in [0.05, 0.1) is 20.8 Å². The zero-order valence-corrected chi connectivity index (χ0v) is 25.4. The summed E-state index contributed by atoms with van der Waals surface area (Å²) in [5, 5.41) is 14.0. The number of nitrogens with one attached hydrogen (secondary N) is 2. The van der Waals surface area contributed by atoms with Crippen LogP contribution in [-0.4, -0.2) is 62.3 Å². The summed E-state index contributed by atoms with van der Waals surface area (Å²) in [6.07, 6.45) is 1.64. The Hall–Kier alpha value is -5.19. The molecule has 0 heterocycles. The standard InChI is InChI=1S/C33H38N2O9/c1-33(2,3)44-26-14-10-23(11-15-26)20-29(35-31(37)38)30(36)34-16-17-42-32(39)43-25-12-8-22(9-13-25)6-7-24-18-27(40-4)21-28(19-24)41-5/h6-15,18-19,21,29,35H,16-17,20H2,1-5H3,(H,34,36)(H,37,38). The average Bonchev–Trinajstić information content (AvgIpc) is 2.98. The summed E-state index contributed by atoms with van der Waals surface area (Å²) in [7, 11) is 3.17. The first kappa shape index (κ1) is 33.3. The summed E-state index contributed by atoms with van der Waals surface area (Å²) in [5.74, 6) is 1.74. The second-order valence-electron chi connectivity index (χ2n) is 10.6. The molecule has 0 aromatic heterocycles. The number of rotatable bonds is 13. The van der Waals surface area contributed by atoms with Crippen molar-refractivity contribution in [2.24, 2.45) is 0 Å². The molecule has 3 N–H and O–H groups in total. The van der Waals surface area contributed by atoms with Gasteiger partial charge in [0.1, 0.15) is 41.2 Å². The normalized spacial score (nSPS) is 11.8. The van der Waals surface area contributed by atoms with Gasteiger partial charge in [0.25, 0.3) is 0 Å². The van der Waals surface area contributed by atoms with Crippen molar-refractivity contribution in [3.63, 3.8) is 0 Å². The molecule has 0 spiro atoms. The van der Waals surface area contributed by atoms with E-state index >= 15 is 0 Å². The lowest BCUT2D eigenvalue weighted by molar-refractivity contribution is -0.123. The molecule has 0 aliphatic rings. The van der Waals surface area contributed by atoms with Crippen LogP contribution in [0.15, 0.2) is 66.7 Å². The summed E-state index contributed by atoms with van der Waals surface area (Å²) in [6.45, 7) is 5.58. The highest BCUT2D eigenvalue weighted by Crippen LogP contribution is 2.24. The molecular weight excluding hydrogens is 568 g/mol. The fraction of sp³-hybridized carbons (Fsp3) is 0.303. The number of hydrogen-bond donors (Lipinski definition) is 3. The van der Waals surface area contributed by atoms with E-state index in [4.69, 9.17) is 23.7 Å². The number of carboxylic acid groups (broad SMARTS) is 1. The van der Waals surface area contributed by atoms with Crippen LogP contribution in [0.1, 0.15) is 37.5 Å². The van der Waals surface area contributed by atoms with Gasteiger partial charge in [-0.3, -0.25) is 4.79 Å².